The van der Waals surface area contributed by atoms with Gasteiger partial charge in [0, 0.05) is 18.2 Å². The molecular weight excluding hydrogens is 308 g/mol. The fourth-order valence-electron chi connectivity index (χ4n) is 1.93. The highest BCUT2D eigenvalue weighted by Gasteiger charge is 2.12. The van der Waals surface area contributed by atoms with E-state index in [1.54, 1.807) is 6.07 Å². The summed E-state index contributed by atoms with van der Waals surface area (Å²) in [6.07, 6.45) is 0. The predicted molar refractivity (Wildman–Crippen MR) is 79.4 cm³/mol. The third-order valence-electron chi connectivity index (χ3n) is 3.05. The van der Waals surface area contributed by atoms with Gasteiger partial charge in [0.1, 0.15) is 11.6 Å². The minimum atomic E-state index is -0.693. The number of amides is 1. The standard InChI is InChI=1S/C15H11F2N3OS/c16-10-4-3-9(11(17)6-10)8-18-15(21)13-7-12(19-20-13)14-2-1-5-22-14/h1-7H,8H2,(H,18,21)(H,19,20). The van der Waals surface area contributed by atoms with Crippen molar-refractivity contribution >= 4 is 17.2 Å². The van der Waals surface area contributed by atoms with E-state index >= 15 is 0 Å². The third kappa shape index (κ3) is 3.04. The van der Waals surface area contributed by atoms with Crippen LogP contribution in [-0.2, 0) is 6.54 Å². The van der Waals surface area contributed by atoms with E-state index < -0.39 is 17.5 Å². The first-order valence-corrected chi connectivity index (χ1v) is 7.33. The lowest BCUT2D eigenvalue weighted by Gasteiger charge is -2.04. The lowest BCUT2D eigenvalue weighted by atomic mass is 10.2. The molecule has 1 amide bonds. The topological polar surface area (TPSA) is 57.8 Å². The number of H-pyrrole nitrogens is 1. The second-order valence-electron chi connectivity index (χ2n) is 4.56. The Morgan fingerprint density at radius 1 is 1.27 bits per heavy atom. The van der Waals surface area contributed by atoms with Gasteiger partial charge in [0.15, 0.2) is 5.69 Å². The highest BCUT2D eigenvalue weighted by atomic mass is 32.1. The van der Waals surface area contributed by atoms with Crippen LogP contribution in [0.3, 0.4) is 0 Å². The number of carbonyl (C=O) groups excluding carboxylic acids is 1. The van der Waals surface area contributed by atoms with Crippen molar-refractivity contribution in [2.24, 2.45) is 0 Å². The Labute approximate surface area is 128 Å². The van der Waals surface area contributed by atoms with Crippen molar-refractivity contribution in [2.75, 3.05) is 0 Å². The van der Waals surface area contributed by atoms with Crippen molar-refractivity contribution in [2.45, 2.75) is 6.54 Å². The predicted octanol–water partition coefficient (Wildman–Crippen LogP) is 3.35. The van der Waals surface area contributed by atoms with E-state index in [9.17, 15) is 13.6 Å². The number of halogens is 2. The van der Waals surface area contributed by atoms with Gasteiger partial charge in [-0.3, -0.25) is 9.89 Å². The molecule has 3 rings (SSSR count). The zero-order valence-corrected chi connectivity index (χ0v) is 12.1. The van der Waals surface area contributed by atoms with Crippen molar-refractivity contribution in [1.82, 2.24) is 15.5 Å². The van der Waals surface area contributed by atoms with Crippen LogP contribution in [0.1, 0.15) is 16.1 Å². The van der Waals surface area contributed by atoms with Crippen molar-refractivity contribution in [3.05, 3.63) is 64.7 Å². The molecule has 0 saturated heterocycles. The van der Waals surface area contributed by atoms with Crippen LogP contribution in [0.4, 0.5) is 8.78 Å². The molecule has 2 aromatic heterocycles. The molecule has 0 atom stereocenters. The number of hydrogen-bond acceptors (Lipinski definition) is 3. The highest BCUT2D eigenvalue weighted by Crippen LogP contribution is 2.22. The average molecular weight is 319 g/mol. The molecule has 0 saturated carbocycles. The molecule has 2 N–H and O–H groups in total. The van der Waals surface area contributed by atoms with Gasteiger partial charge in [-0.25, -0.2) is 8.78 Å². The Bertz CT molecular complexity index is 799. The van der Waals surface area contributed by atoms with Crippen LogP contribution >= 0.6 is 11.3 Å². The molecule has 0 spiro atoms. The maximum atomic E-state index is 13.5. The van der Waals surface area contributed by atoms with Crippen molar-refractivity contribution in [1.29, 1.82) is 0 Å². The van der Waals surface area contributed by atoms with Crippen LogP contribution in [0.2, 0.25) is 0 Å². The number of nitrogens with one attached hydrogen (secondary N) is 2. The molecule has 0 aliphatic heterocycles. The molecule has 112 valence electrons. The smallest absolute Gasteiger partial charge is 0.272 e. The van der Waals surface area contributed by atoms with Crippen LogP contribution < -0.4 is 5.32 Å². The number of benzene rings is 1. The van der Waals surface area contributed by atoms with E-state index in [0.29, 0.717) is 0 Å². The molecule has 22 heavy (non-hydrogen) atoms. The van der Waals surface area contributed by atoms with Crippen LogP contribution in [-0.4, -0.2) is 16.1 Å². The molecule has 4 nitrogen and oxygen atoms in total. The first kappa shape index (κ1) is 14.4. The van der Waals surface area contributed by atoms with Crippen LogP contribution in [0.5, 0.6) is 0 Å². The van der Waals surface area contributed by atoms with Crippen LogP contribution in [0, 0.1) is 11.6 Å². The maximum absolute atomic E-state index is 13.5. The van der Waals surface area contributed by atoms with E-state index in [2.05, 4.69) is 15.5 Å². The molecule has 0 unspecified atom stereocenters. The Hall–Kier alpha value is -2.54. The molecule has 2 heterocycles. The second-order valence-corrected chi connectivity index (χ2v) is 5.51. The van der Waals surface area contributed by atoms with E-state index in [-0.39, 0.29) is 17.8 Å². The number of hydrogen-bond donors (Lipinski definition) is 2. The van der Waals surface area contributed by atoms with Crippen molar-refractivity contribution in [3.63, 3.8) is 0 Å². The fraction of sp³-hybridized carbons (Fsp3) is 0.0667. The summed E-state index contributed by atoms with van der Waals surface area (Å²) in [6.45, 7) is -0.0356. The van der Waals surface area contributed by atoms with Gasteiger partial charge in [-0.15, -0.1) is 11.3 Å². The maximum Gasteiger partial charge on any atom is 0.272 e. The number of thiophene rings is 1. The molecule has 3 aromatic rings. The zero-order valence-electron chi connectivity index (χ0n) is 11.3. The average Bonchev–Trinajstić information content (AvgIpc) is 3.17. The SMILES string of the molecule is O=C(NCc1ccc(F)cc1F)c1cc(-c2cccs2)[nH]n1. The highest BCUT2D eigenvalue weighted by molar-refractivity contribution is 7.13. The molecule has 0 aliphatic rings. The summed E-state index contributed by atoms with van der Waals surface area (Å²) in [6, 6.07) is 8.67. The monoisotopic (exact) mass is 319 g/mol. The summed E-state index contributed by atoms with van der Waals surface area (Å²) in [7, 11) is 0. The Balaban J connectivity index is 1.67. The zero-order chi connectivity index (χ0) is 15.5. The van der Waals surface area contributed by atoms with Gasteiger partial charge < -0.3 is 5.32 Å². The lowest BCUT2D eigenvalue weighted by molar-refractivity contribution is 0.0945. The quantitative estimate of drug-likeness (QED) is 0.775. The lowest BCUT2D eigenvalue weighted by Crippen LogP contribution is -2.23. The van der Waals surface area contributed by atoms with Gasteiger partial charge in [0.05, 0.1) is 10.6 Å². The number of carbonyl (C=O) groups is 1. The van der Waals surface area contributed by atoms with Gasteiger partial charge in [0.25, 0.3) is 5.91 Å². The van der Waals surface area contributed by atoms with E-state index in [1.165, 1.54) is 17.4 Å². The summed E-state index contributed by atoms with van der Waals surface area (Å²) in [5.41, 5.74) is 1.17. The Kier molecular flexibility index (Phi) is 3.97. The molecule has 0 fully saturated rings. The van der Waals surface area contributed by atoms with Crippen LogP contribution in [0.25, 0.3) is 10.6 Å². The molecule has 0 bridgehead atoms. The van der Waals surface area contributed by atoms with E-state index in [1.807, 2.05) is 17.5 Å². The molecule has 0 radical (unpaired) electrons. The number of aromatic amines is 1. The molecule has 1 aromatic carbocycles. The minimum Gasteiger partial charge on any atom is -0.346 e. The molecular formula is C15H11F2N3OS. The minimum absolute atomic E-state index is 0.0356. The van der Waals surface area contributed by atoms with E-state index in [0.717, 1.165) is 22.7 Å². The normalized spacial score (nSPS) is 10.6. The van der Waals surface area contributed by atoms with Gasteiger partial charge >= 0.3 is 0 Å². The Morgan fingerprint density at radius 3 is 2.86 bits per heavy atom. The number of aromatic nitrogens is 2. The largest absolute Gasteiger partial charge is 0.346 e. The first-order chi connectivity index (χ1) is 10.6. The molecule has 7 heteroatoms. The number of rotatable bonds is 4. The number of nitrogens with zero attached hydrogens (tertiary/aromatic N) is 1. The van der Waals surface area contributed by atoms with E-state index in [4.69, 9.17) is 0 Å². The summed E-state index contributed by atoms with van der Waals surface area (Å²) in [5.74, 6) is -1.77. The van der Waals surface area contributed by atoms with Gasteiger partial charge in [-0.05, 0) is 23.6 Å². The van der Waals surface area contributed by atoms with Gasteiger partial charge in [-0.1, -0.05) is 12.1 Å². The second kappa shape index (κ2) is 6.07. The Morgan fingerprint density at radius 2 is 2.14 bits per heavy atom. The third-order valence-corrected chi connectivity index (χ3v) is 3.95. The van der Waals surface area contributed by atoms with Crippen molar-refractivity contribution in [3.8, 4) is 10.6 Å². The van der Waals surface area contributed by atoms with Crippen molar-refractivity contribution < 1.29 is 13.6 Å². The fourth-order valence-corrected chi connectivity index (χ4v) is 2.62. The first-order valence-electron chi connectivity index (χ1n) is 6.45. The van der Waals surface area contributed by atoms with Crippen LogP contribution in [0.15, 0.2) is 41.8 Å². The summed E-state index contributed by atoms with van der Waals surface area (Å²) < 4.78 is 26.3. The van der Waals surface area contributed by atoms with Gasteiger partial charge in [-0.2, -0.15) is 5.10 Å². The summed E-state index contributed by atoms with van der Waals surface area (Å²) >= 11 is 1.53. The van der Waals surface area contributed by atoms with Gasteiger partial charge in [0.2, 0.25) is 0 Å². The summed E-state index contributed by atoms with van der Waals surface area (Å²) in [4.78, 5) is 13.0. The molecule has 0 aliphatic carbocycles. The summed E-state index contributed by atoms with van der Waals surface area (Å²) in [5, 5.41) is 11.2.